The standard InChI is InChI=1S/C18H18N2O4/c21-20(22)14-8-6-13(7-9-14)19-10-2-4-16(19)15-3-1-5-17-18(15)24-12-11-23-17/h1,3,5-9,16H,2,4,10-12H2. The number of hydrogen-bond donors (Lipinski definition) is 0. The van der Waals surface area contributed by atoms with Crippen molar-refractivity contribution in [3.8, 4) is 11.5 Å². The lowest BCUT2D eigenvalue weighted by Crippen LogP contribution is -2.24. The number of ether oxygens (including phenoxy) is 2. The van der Waals surface area contributed by atoms with Gasteiger partial charge in [0.25, 0.3) is 5.69 Å². The molecule has 124 valence electrons. The fourth-order valence-corrected chi connectivity index (χ4v) is 3.52. The molecular formula is C18H18N2O4. The first-order valence-corrected chi connectivity index (χ1v) is 8.13. The fraction of sp³-hybridized carbons (Fsp3) is 0.333. The molecule has 24 heavy (non-hydrogen) atoms. The van der Waals surface area contributed by atoms with Crippen molar-refractivity contribution in [3.63, 3.8) is 0 Å². The van der Waals surface area contributed by atoms with Crippen molar-refractivity contribution in [1.29, 1.82) is 0 Å². The zero-order chi connectivity index (χ0) is 16.5. The normalized spacial score (nSPS) is 19.3. The van der Waals surface area contributed by atoms with E-state index in [-0.39, 0.29) is 16.7 Å². The highest BCUT2D eigenvalue weighted by Crippen LogP contribution is 2.44. The van der Waals surface area contributed by atoms with E-state index >= 15 is 0 Å². The van der Waals surface area contributed by atoms with Crippen LogP contribution in [-0.4, -0.2) is 24.7 Å². The highest BCUT2D eigenvalue weighted by Gasteiger charge is 2.31. The average Bonchev–Trinajstić information content (AvgIpc) is 3.11. The molecule has 0 bridgehead atoms. The van der Waals surface area contributed by atoms with Crippen LogP contribution in [0.4, 0.5) is 11.4 Å². The second-order valence-electron chi connectivity index (χ2n) is 6.00. The van der Waals surface area contributed by atoms with Crippen molar-refractivity contribution >= 4 is 11.4 Å². The van der Waals surface area contributed by atoms with E-state index in [0.29, 0.717) is 13.2 Å². The van der Waals surface area contributed by atoms with Gasteiger partial charge in [-0.05, 0) is 31.0 Å². The smallest absolute Gasteiger partial charge is 0.269 e. The second kappa shape index (κ2) is 6.03. The summed E-state index contributed by atoms with van der Waals surface area (Å²) in [6, 6.07) is 13.0. The van der Waals surface area contributed by atoms with E-state index < -0.39 is 0 Å². The summed E-state index contributed by atoms with van der Waals surface area (Å²) in [7, 11) is 0. The maximum atomic E-state index is 10.8. The zero-order valence-corrected chi connectivity index (χ0v) is 13.2. The molecule has 6 heteroatoms. The predicted molar refractivity (Wildman–Crippen MR) is 89.8 cm³/mol. The molecule has 0 N–H and O–H groups in total. The summed E-state index contributed by atoms with van der Waals surface area (Å²) in [4.78, 5) is 12.8. The largest absolute Gasteiger partial charge is 0.486 e. The maximum Gasteiger partial charge on any atom is 0.269 e. The molecule has 1 atom stereocenters. The Morgan fingerprint density at radius 2 is 1.88 bits per heavy atom. The van der Waals surface area contributed by atoms with Gasteiger partial charge in [0.05, 0.1) is 11.0 Å². The molecule has 1 saturated heterocycles. The molecule has 0 radical (unpaired) electrons. The van der Waals surface area contributed by atoms with Crippen molar-refractivity contribution in [3.05, 3.63) is 58.1 Å². The van der Waals surface area contributed by atoms with Crippen LogP contribution in [0.5, 0.6) is 11.5 Å². The number of non-ortho nitro benzene ring substituents is 1. The molecule has 2 aliphatic rings. The van der Waals surface area contributed by atoms with Gasteiger partial charge < -0.3 is 14.4 Å². The third-order valence-electron chi connectivity index (χ3n) is 4.60. The molecule has 2 aromatic carbocycles. The first kappa shape index (κ1) is 14.8. The minimum Gasteiger partial charge on any atom is -0.486 e. The quantitative estimate of drug-likeness (QED) is 0.635. The van der Waals surface area contributed by atoms with Gasteiger partial charge in [0, 0.05) is 29.9 Å². The summed E-state index contributed by atoms with van der Waals surface area (Å²) in [5, 5.41) is 10.8. The van der Waals surface area contributed by atoms with Gasteiger partial charge in [-0.2, -0.15) is 0 Å². The van der Waals surface area contributed by atoms with Gasteiger partial charge in [0.15, 0.2) is 11.5 Å². The van der Waals surface area contributed by atoms with E-state index in [1.54, 1.807) is 12.1 Å². The van der Waals surface area contributed by atoms with Crippen LogP contribution in [-0.2, 0) is 0 Å². The summed E-state index contributed by atoms with van der Waals surface area (Å²) in [5.41, 5.74) is 2.24. The van der Waals surface area contributed by atoms with Crippen LogP contribution in [0.25, 0.3) is 0 Å². The maximum absolute atomic E-state index is 10.8. The molecular weight excluding hydrogens is 308 g/mol. The first-order chi connectivity index (χ1) is 11.7. The van der Waals surface area contributed by atoms with E-state index in [0.717, 1.165) is 42.1 Å². The third kappa shape index (κ3) is 2.54. The molecule has 2 heterocycles. The molecule has 1 unspecified atom stereocenters. The van der Waals surface area contributed by atoms with Crippen LogP contribution in [0, 0.1) is 10.1 Å². The highest BCUT2D eigenvalue weighted by atomic mass is 16.6. The van der Waals surface area contributed by atoms with Gasteiger partial charge in [0.1, 0.15) is 13.2 Å². The average molecular weight is 326 g/mol. The number of anilines is 1. The number of hydrogen-bond acceptors (Lipinski definition) is 5. The number of fused-ring (bicyclic) bond motifs is 1. The third-order valence-corrected chi connectivity index (χ3v) is 4.60. The van der Waals surface area contributed by atoms with Crippen molar-refractivity contribution in [1.82, 2.24) is 0 Å². The van der Waals surface area contributed by atoms with Crippen LogP contribution in [0.3, 0.4) is 0 Å². The lowest BCUT2D eigenvalue weighted by molar-refractivity contribution is -0.384. The first-order valence-electron chi connectivity index (χ1n) is 8.13. The number of nitro benzene ring substituents is 1. The minimum absolute atomic E-state index is 0.114. The lowest BCUT2D eigenvalue weighted by Gasteiger charge is -2.30. The van der Waals surface area contributed by atoms with Crippen LogP contribution in [0.1, 0.15) is 24.4 Å². The fourth-order valence-electron chi connectivity index (χ4n) is 3.52. The van der Waals surface area contributed by atoms with E-state index in [1.165, 1.54) is 0 Å². The van der Waals surface area contributed by atoms with Crippen molar-refractivity contribution in [2.24, 2.45) is 0 Å². The van der Waals surface area contributed by atoms with Gasteiger partial charge in [-0.1, -0.05) is 12.1 Å². The molecule has 0 aliphatic carbocycles. The molecule has 0 amide bonds. The Kier molecular flexibility index (Phi) is 3.72. The van der Waals surface area contributed by atoms with E-state index in [1.807, 2.05) is 24.3 Å². The summed E-state index contributed by atoms with van der Waals surface area (Å²) < 4.78 is 11.5. The van der Waals surface area contributed by atoms with Gasteiger partial charge >= 0.3 is 0 Å². The SMILES string of the molecule is O=[N+]([O-])c1ccc(N2CCCC2c2cccc3c2OCCO3)cc1. The summed E-state index contributed by atoms with van der Waals surface area (Å²) >= 11 is 0. The second-order valence-corrected chi connectivity index (χ2v) is 6.00. The molecule has 2 aromatic rings. The van der Waals surface area contributed by atoms with Gasteiger partial charge in [-0.25, -0.2) is 0 Å². The van der Waals surface area contributed by atoms with Gasteiger partial charge in [-0.3, -0.25) is 10.1 Å². The van der Waals surface area contributed by atoms with Crippen LogP contribution >= 0.6 is 0 Å². The van der Waals surface area contributed by atoms with Crippen molar-refractivity contribution in [2.75, 3.05) is 24.7 Å². The van der Waals surface area contributed by atoms with Crippen molar-refractivity contribution < 1.29 is 14.4 Å². The Morgan fingerprint density at radius 1 is 1.08 bits per heavy atom. The van der Waals surface area contributed by atoms with Crippen LogP contribution in [0.2, 0.25) is 0 Å². The number of nitro groups is 1. The zero-order valence-electron chi connectivity index (χ0n) is 13.2. The van der Waals surface area contributed by atoms with Crippen LogP contribution < -0.4 is 14.4 Å². The van der Waals surface area contributed by atoms with Crippen molar-refractivity contribution in [2.45, 2.75) is 18.9 Å². The Hall–Kier alpha value is -2.76. The lowest BCUT2D eigenvalue weighted by atomic mass is 10.0. The molecule has 1 fully saturated rings. The molecule has 4 rings (SSSR count). The Morgan fingerprint density at radius 3 is 2.67 bits per heavy atom. The number of para-hydroxylation sites is 1. The monoisotopic (exact) mass is 326 g/mol. The van der Waals surface area contributed by atoms with Gasteiger partial charge in [0.2, 0.25) is 0 Å². The summed E-state index contributed by atoms with van der Waals surface area (Å²) in [6.07, 6.45) is 2.10. The summed E-state index contributed by atoms with van der Waals surface area (Å²) in [5.74, 6) is 1.64. The number of nitrogens with zero attached hydrogens (tertiary/aromatic N) is 2. The number of benzene rings is 2. The van der Waals surface area contributed by atoms with E-state index in [9.17, 15) is 10.1 Å². The predicted octanol–water partition coefficient (Wildman–Crippen LogP) is 3.71. The minimum atomic E-state index is -0.371. The topological polar surface area (TPSA) is 64.8 Å². The molecule has 0 spiro atoms. The molecule has 0 aromatic heterocycles. The molecule has 2 aliphatic heterocycles. The molecule has 6 nitrogen and oxygen atoms in total. The van der Waals surface area contributed by atoms with Gasteiger partial charge in [-0.15, -0.1) is 0 Å². The highest BCUT2D eigenvalue weighted by molar-refractivity contribution is 5.57. The Balaban J connectivity index is 1.67. The summed E-state index contributed by atoms with van der Waals surface area (Å²) in [6.45, 7) is 2.06. The molecule has 0 saturated carbocycles. The van der Waals surface area contributed by atoms with E-state index in [4.69, 9.17) is 9.47 Å². The Bertz CT molecular complexity index is 760. The van der Waals surface area contributed by atoms with E-state index in [2.05, 4.69) is 11.0 Å². The van der Waals surface area contributed by atoms with Crippen LogP contribution in [0.15, 0.2) is 42.5 Å². The Labute approximate surface area is 139 Å². The number of rotatable bonds is 3.